The van der Waals surface area contributed by atoms with Gasteiger partial charge in [-0.15, -0.1) is 0 Å². The standard InChI is InChI=1S/C23H33N3O/c1-3-26(4-2)21-7-5-17(6-8-21)16-24-25-22(27)15-23-12-18-9-19(13-23)11-20(10-18)14-23/h5-8,16,18-20H,3-4,9-15H2,1-2H3,(H,25,27)/b24-16+. The number of benzene rings is 1. The summed E-state index contributed by atoms with van der Waals surface area (Å²) in [6.07, 6.45) is 10.5. The Morgan fingerprint density at radius 3 is 2.15 bits per heavy atom. The molecule has 4 aliphatic rings. The average molecular weight is 368 g/mol. The van der Waals surface area contributed by atoms with Crippen LogP contribution >= 0.6 is 0 Å². The van der Waals surface area contributed by atoms with Crippen molar-refractivity contribution in [3.05, 3.63) is 29.8 Å². The van der Waals surface area contributed by atoms with Gasteiger partial charge in [0.05, 0.1) is 6.21 Å². The third-order valence-corrected chi connectivity index (χ3v) is 7.13. The molecule has 0 saturated heterocycles. The lowest BCUT2D eigenvalue weighted by Crippen LogP contribution is -2.47. The molecule has 5 rings (SSSR count). The quantitative estimate of drug-likeness (QED) is 0.566. The van der Waals surface area contributed by atoms with Crippen molar-refractivity contribution in [2.24, 2.45) is 28.3 Å². The summed E-state index contributed by atoms with van der Waals surface area (Å²) in [5.41, 5.74) is 5.30. The summed E-state index contributed by atoms with van der Waals surface area (Å²) < 4.78 is 0. The summed E-state index contributed by atoms with van der Waals surface area (Å²) in [5, 5.41) is 4.22. The molecule has 0 atom stereocenters. The first kappa shape index (κ1) is 18.5. The van der Waals surface area contributed by atoms with E-state index < -0.39 is 0 Å². The molecule has 0 heterocycles. The molecule has 1 N–H and O–H groups in total. The lowest BCUT2D eigenvalue weighted by Gasteiger charge is -2.56. The Balaban J connectivity index is 1.30. The van der Waals surface area contributed by atoms with E-state index in [1.165, 1.54) is 44.2 Å². The number of hydrogen-bond acceptors (Lipinski definition) is 3. The molecule has 4 fully saturated rings. The molecule has 1 amide bonds. The molecule has 27 heavy (non-hydrogen) atoms. The maximum atomic E-state index is 12.5. The van der Waals surface area contributed by atoms with Gasteiger partial charge in [-0.25, -0.2) is 5.43 Å². The number of carbonyl (C=O) groups is 1. The van der Waals surface area contributed by atoms with E-state index in [2.05, 4.69) is 53.5 Å². The van der Waals surface area contributed by atoms with Crippen molar-refractivity contribution in [2.75, 3.05) is 18.0 Å². The highest BCUT2D eigenvalue weighted by molar-refractivity contribution is 5.83. The molecular formula is C23H33N3O. The van der Waals surface area contributed by atoms with Crippen LogP contribution in [-0.4, -0.2) is 25.2 Å². The molecule has 1 aromatic rings. The summed E-state index contributed by atoms with van der Waals surface area (Å²) in [5.74, 6) is 2.75. The largest absolute Gasteiger partial charge is 0.372 e. The van der Waals surface area contributed by atoms with E-state index in [0.29, 0.717) is 6.42 Å². The molecule has 4 nitrogen and oxygen atoms in total. The lowest BCUT2D eigenvalue weighted by molar-refractivity contribution is -0.129. The van der Waals surface area contributed by atoms with Gasteiger partial charge in [-0.2, -0.15) is 5.10 Å². The number of rotatable bonds is 7. The van der Waals surface area contributed by atoms with Crippen LogP contribution < -0.4 is 10.3 Å². The van der Waals surface area contributed by atoms with Crippen LogP contribution in [0.25, 0.3) is 0 Å². The summed E-state index contributed by atoms with van der Waals surface area (Å²) in [4.78, 5) is 14.8. The highest BCUT2D eigenvalue weighted by Crippen LogP contribution is 2.61. The maximum Gasteiger partial charge on any atom is 0.240 e. The van der Waals surface area contributed by atoms with Gasteiger partial charge in [-0.3, -0.25) is 4.79 Å². The van der Waals surface area contributed by atoms with Crippen molar-refractivity contribution in [1.29, 1.82) is 0 Å². The molecule has 4 saturated carbocycles. The zero-order chi connectivity index (χ0) is 18.9. The first-order chi connectivity index (χ1) is 13.1. The second kappa shape index (κ2) is 7.65. The van der Waals surface area contributed by atoms with E-state index in [0.717, 1.165) is 36.4 Å². The minimum Gasteiger partial charge on any atom is -0.372 e. The van der Waals surface area contributed by atoms with E-state index in [-0.39, 0.29) is 11.3 Å². The van der Waals surface area contributed by atoms with Crippen LogP contribution in [0.15, 0.2) is 29.4 Å². The lowest BCUT2D eigenvalue weighted by atomic mass is 9.49. The Labute approximate surface area is 163 Å². The number of carbonyl (C=O) groups excluding carboxylic acids is 1. The Kier molecular flexibility index (Phi) is 5.25. The SMILES string of the molecule is CCN(CC)c1ccc(/C=N/NC(=O)CC23CC4CC(CC(C4)C2)C3)cc1. The fourth-order valence-corrected chi connectivity index (χ4v) is 6.43. The van der Waals surface area contributed by atoms with Gasteiger partial charge >= 0.3 is 0 Å². The second-order valence-corrected chi connectivity index (χ2v) is 9.15. The van der Waals surface area contributed by atoms with E-state index in [4.69, 9.17) is 0 Å². The van der Waals surface area contributed by atoms with Gasteiger partial charge in [0.25, 0.3) is 0 Å². The monoisotopic (exact) mass is 367 g/mol. The molecule has 0 spiro atoms. The Morgan fingerprint density at radius 2 is 1.63 bits per heavy atom. The Hall–Kier alpha value is -1.84. The van der Waals surface area contributed by atoms with Crippen LogP contribution in [-0.2, 0) is 4.79 Å². The van der Waals surface area contributed by atoms with Crippen LogP contribution in [0.4, 0.5) is 5.69 Å². The fraction of sp³-hybridized carbons (Fsp3) is 0.652. The first-order valence-corrected chi connectivity index (χ1v) is 10.8. The van der Waals surface area contributed by atoms with E-state index in [1.807, 2.05) is 0 Å². The van der Waals surface area contributed by atoms with Gasteiger partial charge in [0, 0.05) is 25.2 Å². The number of nitrogens with zero attached hydrogens (tertiary/aromatic N) is 2. The zero-order valence-electron chi connectivity index (χ0n) is 16.8. The van der Waals surface area contributed by atoms with Crippen LogP contribution in [0, 0.1) is 23.2 Å². The third-order valence-electron chi connectivity index (χ3n) is 7.13. The molecule has 0 aromatic heterocycles. The van der Waals surface area contributed by atoms with Crippen LogP contribution in [0.5, 0.6) is 0 Å². The first-order valence-electron chi connectivity index (χ1n) is 10.8. The highest BCUT2D eigenvalue weighted by atomic mass is 16.2. The molecule has 4 aliphatic carbocycles. The highest BCUT2D eigenvalue weighted by Gasteiger charge is 2.51. The molecule has 1 aromatic carbocycles. The predicted molar refractivity (Wildman–Crippen MR) is 111 cm³/mol. The number of anilines is 1. The van der Waals surface area contributed by atoms with Crippen molar-refractivity contribution in [3.8, 4) is 0 Å². The summed E-state index contributed by atoms with van der Waals surface area (Å²) in [6, 6.07) is 8.35. The van der Waals surface area contributed by atoms with E-state index in [9.17, 15) is 4.79 Å². The summed E-state index contributed by atoms with van der Waals surface area (Å²) >= 11 is 0. The molecule has 0 aliphatic heterocycles. The van der Waals surface area contributed by atoms with Crippen molar-refractivity contribution < 1.29 is 4.79 Å². The molecule has 0 unspecified atom stereocenters. The number of hydrazone groups is 1. The van der Waals surface area contributed by atoms with Gasteiger partial charge in [0.2, 0.25) is 5.91 Å². The molecule has 4 bridgehead atoms. The van der Waals surface area contributed by atoms with Gasteiger partial charge in [0.15, 0.2) is 0 Å². The van der Waals surface area contributed by atoms with Gasteiger partial charge in [-0.05, 0) is 93.2 Å². The van der Waals surface area contributed by atoms with Crippen LogP contribution in [0.1, 0.15) is 64.4 Å². The van der Waals surface area contributed by atoms with Crippen LogP contribution in [0.3, 0.4) is 0 Å². The van der Waals surface area contributed by atoms with Gasteiger partial charge in [0.1, 0.15) is 0 Å². The molecular weight excluding hydrogens is 334 g/mol. The van der Waals surface area contributed by atoms with E-state index >= 15 is 0 Å². The van der Waals surface area contributed by atoms with Crippen molar-refractivity contribution in [3.63, 3.8) is 0 Å². The fourth-order valence-electron chi connectivity index (χ4n) is 6.43. The second-order valence-electron chi connectivity index (χ2n) is 9.15. The maximum absolute atomic E-state index is 12.5. The van der Waals surface area contributed by atoms with E-state index in [1.54, 1.807) is 6.21 Å². The van der Waals surface area contributed by atoms with Crippen LogP contribution in [0.2, 0.25) is 0 Å². The predicted octanol–water partition coefficient (Wildman–Crippen LogP) is 4.59. The zero-order valence-corrected chi connectivity index (χ0v) is 16.8. The smallest absolute Gasteiger partial charge is 0.240 e. The molecule has 146 valence electrons. The van der Waals surface area contributed by atoms with Crippen molar-refractivity contribution >= 4 is 17.8 Å². The summed E-state index contributed by atoms with van der Waals surface area (Å²) in [6.45, 7) is 6.34. The minimum atomic E-state index is 0.0907. The Bertz CT molecular complexity index is 655. The third kappa shape index (κ3) is 4.04. The average Bonchev–Trinajstić information content (AvgIpc) is 2.62. The van der Waals surface area contributed by atoms with Crippen molar-refractivity contribution in [2.45, 2.75) is 58.8 Å². The number of hydrogen-bond donors (Lipinski definition) is 1. The molecule has 4 heteroatoms. The topological polar surface area (TPSA) is 44.7 Å². The normalized spacial score (nSPS) is 31.4. The van der Waals surface area contributed by atoms with Gasteiger partial charge < -0.3 is 4.90 Å². The summed E-state index contributed by atoms with van der Waals surface area (Å²) in [7, 11) is 0. The molecule has 0 radical (unpaired) electrons. The minimum absolute atomic E-state index is 0.0907. The number of nitrogens with one attached hydrogen (secondary N) is 1. The Morgan fingerprint density at radius 1 is 1.07 bits per heavy atom. The van der Waals surface area contributed by atoms with Crippen molar-refractivity contribution in [1.82, 2.24) is 5.43 Å². The van der Waals surface area contributed by atoms with Gasteiger partial charge in [-0.1, -0.05) is 12.1 Å². The number of amides is 1.